The van der Waals surface area contributed by atoms with Crippen LogP contribution in [0.15, 0.2) is 46.5 Å². The Morgan fingerprint density at radius 2 is 2.22 bits per heavy atom. The van der Waals surface area contributed by atoms with E-state index in [2.05, 4.69) is 15.7 Å². The first-order valence-corrected chi connectivity index (χ1v) is 8.93. The van der Waals surface area contributed by atoms with Crippen LogP contribution in [0.5, 0.6) is 5.75 Å². The number of thiophene rings is 1. The summed E-state index contributed by atoms with van der Waals surface area (Å²) in [5, 5.41) is 9.90. The molecule has 0 aliphatic rings. The first-order chi connectivity index (χ1) is 11.2. The van der Waals surface area contributed by atoms with Gasteiger partial charge in [0.2, 0.25) is 5.91 Å². The zero-order valence-electron chi connectivity index (χ0n) is 12.6. The second-order valence-electron chi connectivity index (χ2n) is 4.96. The maximum atomic E-state index is 12.1. The summed E-state index contributed by atoms with van der Waals surface area (Å²) < 4.78 is 5.17. The van der Waals surface area contributed by atoms with Crippen LogP contribution in [0.4, 0.5) is 0 Å². The van der Waals surface area contributed by atoms with E-state index in [1.54, 1.807) is 29.8 Å². The molecule has 1 aromatic carbocycles. The first kappa shape index (κ1) is 15.7. The molecule has 0 atom stereocenters. The topological polar surface area (TPSA) is 51.2 Å². The van der Waals surface area contributed by atoms with Gasteiger partial charge in [0.1, 0.15) is 10.8 Å². The maximum Gasteiger partial charge on any atom is 0.226 e. The predicted octanol–water partition coefficient (Wildman–Crippen LogP) is 3.74. The number of carbonyl (C=O) groups is 1. The van der Waals surface area contributed by atoms with E-state index < -0.39 is 0 Å². The molecule has 0 bridgehead atoms. The molecule has 0 unspecified atom stereocenters. The molecule has 0 fully saturated rings. The van der Waals surface area contributed by atoms with Gasteiger partial charge < -0.3 is 10.1 Å². The van der Waals surface area contributed by atoms with Gasteiger partial charge in [-0.25, -0.2) is 4.98 Å². The van der Waals surface area contributed by atoms with Gasteiger partial charge in [-0.15, -0.1) is 11.3 Å². The van der Waals surface area contributed by atoms with Crippen molar-refractivity contribution < 1.29 is 9.53 Å². The average molecular weight is 344 g/mol. The van der Waals surface area contributed by atoms with Crippen LogP contribution in [-0.4, -0.2) is 18.0 Å². The largest absolute Gasteiger partial charge is 0.497 e. The Balaban J connectivity index is 1.55. The number of rotatable bonds is 6. The second-order valence-corrected chi connectivity index (χ2v) is 6.60. The third kappa shape index (κ3) is 4.18. The quantitative estimate of drug-likeness (QED) is 0.741. The van der Waals surface area contributed by atoms with Crippen LogP contribution in [-0.2, 0) is 17.8 Å². The third-order valence-electron chi connectivity index (χ3n) is 3.29. The number of carbonyl (C=O) groups excluding carboxylic acids is 1. The van der Waals surface area contributed by atoms with Crippen LogP contribution in [0.2, 0.25) is 0 Å². The summed E-state index contributed by atoms with van der Waals surface area (Å²) in [6.07, 6.45) is 0.296. The highest BCUT2D eigenvalue weighted by Gasteiger charge is 2.09. The number of nitrogens with one attached hydrogen (secondary N) is 1. The Hall–Kier alpha value is -2.18. The highest BCUT2D eigenvalue weighted by Crippen LogP contribution is 2.25. The van der Waals surface area contributed by atoms with Crippen LogP contribution in [0.3, 0.4) is 0 Å². The van der Waals surface area contributed by atoms with Gasteiger partial charge in [0.25, 0.3) is 0 Å². The fourth-order valence-electron chi connectivity index (χ4n) is 2.12. The highest BCUT2D eigenvalue weighted by molar-refractivity contribution is 7.14. The lowest BCUT2D eigenvalue weighted by atomic mass is 10.2. The van der Waals surface area contributed by atoms with E-state index in [-0.39, 0.29) is 5.91 Å². The van der Waals surface area contributed by atoms with Crippen molar-refractivity contribution in [3.8, 4) is 16.3 Å². The van der Waals surface area contributed by atoms with Crippen LogP contribution in [0, 0.1) is 0 Å². The molecule has 0 aliphatic heterocycles. The normalized spacial score (nSPS) is 10.5. The number of amides is 1. The molecule has 3 aromatic rings. The maximum absolute atomic E-state index is 12.1. The van der Waals surface area contributed by atoms with Gasteiger partial charge in [0.15, 0.2) is 0 Å². The van der Waals surface area contributed by atoms with Crippen molar-refractivity contribution in [2.75, 3.05) is 7.11 Å². The van der Waals surface area contributed by atoms with E-state index in [1.165, 1.54) is 0 Å². The smallest absolute Gasteiger partial charge is 0.226 e. The Morgan fingerprint density at radius 3 is 3.00 bits per heavy atom. The van der Waals surface area contributed by atoms with Gasteiger partial charge >= 0.3 is 0 Å². The number of hydrogen-bond donors (Lipinski definition) is 1. The lowest BCUT2D eigenvalue weighted by Crippen LogP contribution is -2.24. The van der Waals surface area contributed by atoms with Crippen molar-refractivity contribution in [2.24, 2.45) is 0 Å². The number of hydrogen-bond acceptors (Lipinski definition) is 5. The zero-order valence-corrected chi connectivity index (χ0v) is 14.2. The van der Waals surface area contributed by atoms with Crippen molar-refractivity contribution in [1.29, 1.82) is 0 Å². The standard InChI is InChI=1S/C17H16N2O2S2/c1-21-15-4-2-3-12(7-15)9-18-16(20)8-14-11-23-17(19-14)13-5-6-22-10-13/h2-7,10-11H,8-9H2,1H3,(H,18,20). The minimum Gasteiger partial charge on any atom is -0.497 e. The van der Waals surface area contributed by atoms with Gasteiger partial charge in [-0.05, 0) is 29.1 Å². The van der Waals surface area contributed by atoms with E-state index in [4.69, 9.17) is 4.74 Å². The van der Waals surface area contributed by atoms with Crippen molar-refractivity contribution in [2.45, 2.75) is 13.0 Å². The lowest BCUT2D eigenvalue weighted by Gasteiger charge is -2.06. The molecule has 0 saturated heterocycles. The molecule has 3 rings (SSSR count). The van der Waals surface area contributed by atoms with Gasteiger partial charge in [-0.2, -0.15) is 11.3 Å². The van der Waals surface area contributed by atoms with E-state index in [0.717, 1.165) is 27.6 Å². The number of nitrogens with zero attached hydrogens (tertiary/aromatic N) is 1. The Labute approximate surface area is 142 Å². The van der Waals surface area contributed by atoms with E-state index in [1.807, 2.05) is 41.1 Å². The van der Waals surface area contributed by atoms with E-state index in [0.29, 0.717) is 13.0 Å². The molecule has 1 N–H and O–H groups in total. The molecule has 0 aliphatic carbocycles. The van der Waals surface area contributed by atoms with Gasteiger partial charge in [-0.1, -0.05) is 12.1 Å². The van der Waals surface area contributed by atoms with E-state index >= 15 is 0 Å². The zero-order chi connectivity index (χ0) is 16.1. The minimum atomic E-state index is -0.0324. The Kier molecular flexibility index (Phi) is 5.05. The molecule has 0 saturated carbocycles. The SMILES string of the molecule is COc1cccc(CNC(=O)Cc2csc(-c3ccsc3)n2)c1. The average Bonchev–Trinajstić information content (AvgIpc) is 3.24. The lowest BCUT2D eigenvalue weighted by molar-refractivity contribution is -0.120. The summed E-state index contributed by atoms with van der Waals surface area (Å²) >= 11 is 3.21. The van der Waals surface area contributed by atoms with Gasteiger partial charge in [-0.3, -0.25) is 4.79 Å². The van der Waals surface area contributed by atoms with Crippen LogP contribution in [0.25, 0.3) is 10.6 Å². The molecule has 4 nitrogen and oxygen atoms in total. The minimum absolute atomic E-state index is 0.0324. The van der Waals surface area contributed by atoms with Gasteiger partial charge in [0.05, 0.1) is 19.2 Å². The van der Waals surface area contributed by atoms with Crippen molar-refractivity contribution in [3.63, 3.8) is 0 Å². The molecule has 118 valence electrons. The summed E-state index contributed by atoms with van der Waals surface area (Å²) in [6.45, 7) is 0.484. The number of ether oxygens (including phenoxy) is 1. The van der Waals surface area contributed by atoms with Crippen LogP contribution >= 0.6 is 22.7 Å². The first-order valence-electron chi connectivity index (χ1n) is 7.11. The molecular formula is C17H16N2O2S2. The van der Waals surface area contributed by atoms with Crippen molar-refractivity contribution in [3.05, 3.63) is 57.7 Å². The predicted molar refractivity (Wildman–Crippen MR) is 94.0 cm³/mol. The monoisotopic (exact) mass is 344 g/mol. The molecule has 2 heterocycles. The molecule has 0 radical (unpaired) electrons. The molecule has 2 aromatic heterocycles. The molecule has 6 heteroatoms. The molecule has 0 spiro atoms. The summed E-state index contributed by atoms with van der Waals surface area (Å²) in [5.41, 5.74) is 2.93. The summed E-state index contributed by atoms with van der Waals surface area (Å²) in [5.74, 6) is 0.756. The fraction of sp³-hybridized carbons (Fsp3) is 0.176. The van der Waals surface area contributed by atoms with Crippen molar-refractivity contribution >= 4 is 28.6 Å². The Bertz CT molecular complexity index is 782. The van der Waals surface area contributed by atoms with Crippen LogP contribution < -0.4 is 10.1 Å². The number of benzene rings is 1. The molecule has 1 amide bonds. The molecule has 23 heavy (non-hydrogen) atoms. The number of aromatic nitrogens is 1. The Morgan fingerprint density at radius 1 is 1.30 bits per heavy atom. The highest BCUT2D eigenvalue weighted by atomic mass is 32.1. The summed E-state index contributed by atoms with van der Waals surface area (Å²) in [4.78, 5) is 16.6. The van der Waals surface area contributed by atoms with E-state index in [9.17, 15) is 4.79 Å². The summed E-state index contributed by atoms with van der Waals surface area (Å²) in [7, 11) is 1.63. The molecular weight excluding hydrogens is 328 g/mol. The number of methoxy groups -OCH3 is 1. The second kappa shape index (κ2) is 7.39. The summed E-state index contributed by atoms with van der Waals surface area (Å²) in [6, 6.07) is 9.70. The van der Waals surface area contributed by atoms with Crippen LogP contribution in [0.1, 0.15) is 11.3 Å². The fourth-order valence-corrected chi connectivity index (χ4v) is 3.65. The third-order valence-corrected chi connectivity index (χ3v) is 4.91. The van der Waals surface area contributed by atoms with Crippen molar-refractivity contribution in [1.82, 2.24) is 10.3 Å². The number of thiazole rings is 1. The van der Waals surface area contributed by atoms with Gasteiger partial charge in [0, 0.05) is 22.9 Å².